The second-order valence-electron chi connectivity index (χ2n) is 3.95. The summed E-state index contributed by atoms with van der Waals surface area (Å²) in [5, 5.41) is 0. The number of carbonyl (C=O) groups excluding carboxylic acids is 1. The Hall–Kier alpha value is -1.22. The quantitative estimate of drug-likeness (QED) is 0.690. The number of aromatic nitrogens is 1. The number of hydrogen-bond acceptors (Lipinski definition) is 3. The van der Waals surface area contributed by atoms with Gasteiger partial charge in [0.2, 0.25) is 0 Å². The maximum Gasteiger partial charge on any atom is 0.165 e. The van der Waals surface area contributed by atoms with E-state index in [1.165, 1.54) is 0 Å². The van der Waals surface area contributed by atoms with E-state index in [0.717, 1.165) is 30.8 Å². The van der Waals surface area contributed by atoms with Crippen LogP contribution >= 0.6 is 0 Å². The van der Waals surface area contributed by atoms with Crippen molar-refractivity contribution < 1.29 is 4.79 Å². The summed E-state index contributed by atoms with van der Waals surface area (Å²) in [6, 6.07) is 1.90. The SMILES string of the molecule is CCN(CC)CCC(=O)c1cncc(C)c1. The van der Waals surface area contributed by atoms with E-state index in [1.807, 2.05) is 13.0 Å². The van der Waals surface area contributed by atoms with Crippen LogP contribution in [-0.2, 0) is 0 Å². The number of aryl methyl sites for hydroxylation is 1. The van der Waals surface area contributed by atoms with Gasteiger partial charge in [-0.2, -0.15) is 0 Å². The van der Waals surface area contributed by atoms with Crippen LogP contribution in [0.2, 0.25) is 0 Å². The fourth-order valence-electron chi connectivity index (χ4n) is 1.65. The molecule has 0 aliphatic rings. The number of carbonyl (C=O) groups is 1. The molecule has 3 nitrogen and oxygen atoms in total. The molecule has 0 aliphatic carbocycles. The minimum atomic E-state index is 0.183. The van der Waals surface area contributed by atoms with Gasteiger partial charge in [0.25, 0.3) is 0 Å². The molecule has 0 bridgehead atoms. The van der Waals surface area contributed by atoms with Crippen LogP contribution in [-0.4, -0.2) is 35.3 Å². The van der Waals surface area contributed by atoms with Gasteiger partial charge in [0, 0.05) is 30.9 Å². The molecule has 0 saturated heterocycles. The highest BCUT2D eigenvalue weighted by atomic mass is 16.1. The zero-order chi connectivity index (χ0) is 12.0. The second kappa shape index (κ2) is 6.38. The molecule has 0 aliphatic heterocycles. The Bertz CT molecular complexity index is 346. The average molecular weight is 220 g/mol. The number of hydrogen-bond donors (Lipinski definition) is 0. The monoisotopic (exact) mass is 220 g/mol. The molecule has 0 atom stereocenters. The molecule has 1 heterocycles. The lowest BCUT2D eigenvalue weighted by molar-refractivity contribution is 0.0966. The molecule has 16 heavy (non-hydrogen) atoms. The van der Waals surface area contributed by atoms with Crippen molar-refractivity contribution in [2.45, 2.75) is 27.2 Å². The van der Waals surface area contributed by atoms with E-state index in [-0.39, 0.29) is 5.78 Å². The van der Waals surface area contributed by atoms with Crippen molar-refractivity contribution in [3.8, 4) is 0 Å². The summed E-state index contributed by atoms with van der Waals surface area (Å²) in [6.07, 6.45) is 3.99. The topological polar surface area (TPSA) is 33.2 Å². The van der Waals surface area contributed by atoms with E-state index in [4.69, 9.17) is 0 Å². The van der Waals surface area contributed by atoms with E-state index in [9.17, 15) is 4.79 Å². The highest BCUT2D eigenvalue weighted by Gasteiger charge is 2.08. The minimum Gasteiger partial charge on any atom is -0.303 e. The highest BCUT2D eigenvalue weighted by molar-refractivity contribution is 5.96. The third-order valence-electron chi connectivity index (χ3n) is 2.75. The molecule has 0 amide bonds. The maximum atomic E-state index is 11.9. The summed E-state index contributed by atoms with van der Waals surface area (Å²) < 4.78 is 0. The van der Waals surface area contributed by atoms with Crippen LogP contribution in [0, 0.1) is 6.92 Å². The highest BCUT2D eigenvalue weighted by Crippen LogP contribution is 2.05. The van der Waals surface area contributed by atoms with Gasteiger partial charge in [-0.3, -0.25) is 9.78 Å². The van der Waals surface area contributed by atoms with Gasteiger partial charge in [-0.1, -0.05) is 13.8 Å². The van der Waals surface area contributed by atoms with Crippen LogP contribution in [0.15, 0.2) is 18.5 Å². The Morgan fingerprint density at radius 3 is 2.56 bits per heavy atom. The first kappa shape index (κ1) is 12.8. The molecule has 0 fully saturated rings. The van der Waals surface area contributed by atoms with Gasteiger partial charge in [0.15, 0.2) is 5.78 Å². The second-order valence-corrected chi connectivity index (χ2v) is 3.95. The van der Waals surface area contributed by atoms with Gasteiger partial charge in [-0.25, -0.2) is 0 Å². The lowest BCUT2D eigenvalue weighted by Gasteiger charge is -2.16. The molecule has 1 aromatic rings. The van der Waals surface area contributed by atoms with Gasteiger partial charge in [-0.05, 0) is 31.6 Å². The number of Topliss-reactive ketones (excluding diaryl/α,β-unsaturated/α-hetero) is 1. The third-order valence-corrected chi connectivity index (χ3v) is 2.75. The molecule has 1 aromatic heterocycles. The van der Waals surface area contributed by atoms with E-state index in [2.05, 4.69) is 23.7 Å². The first-order valence-corrected chi connectivity index (χ1v) is 5.84. The largest absolute Gasteiger partial charge is 0.303 e. The Labute approximate surface area is 97.5 Å². The molecule has 1 rings (SSSR count). The van der Waals surface area contributed by atoms with Crippen molar-refractivity contribution in [2.75, 3.05) is 19.6 Å². The van der Waals surface area contributed by atoms with Gasteiger partial charge in [0.1, 0.15) is 0 Å². The van der Waals surface area contributed by atoms with Crippen molar-refractivity contribution in [1.29, 1.82) is 0 Å². The van der Waals surface area contributed by atoms with Gasteiger partial charge in [-0.15, -0.1) is 0 Å². The standard InChI is InChI=1S/C13H20N2O/c1-4-15(5-2)7-6-13(16)12-8-11(3)9-14-10-12/h8-10H,4-7H2,1-3H3. The third kappa shape index (κ3) is 3.74. The van der Waals surface area contributed by atoms with E-state index < -0.39 is 0 Å². The lowest BCUT2D eigenvalue weighted by Crippen LogP contribution is -2.25. The van der Waals surface area contributed by atoms with E-state index >= 15 is 0 Å². The fourth-order valence-corrected chi connectivity index (χ4v) is 1.65. The van der Waals surface area contributed by atoms with Gasteiger partial charge >= 0.3 is 0 Å². The molecule has 0 aromatic carbocycles. The number of rotatable bonds is 6. The lowest BCUT2D eigenvalue weighted by atomic mass is 10.1. The normalized spacial score (nSPS) is 10.8. The summed E-state index contributed by atoms with van der Waals surface area (Å²) in [5.41, 5.74) is 1.76. The zero-order valence-corrected chi connectivity index (χ0v) is 10.4. The van der Waals surface area contributed by atoms with Crippen LogP contribution in [0.1, 0.15) is 36.2 Å². The van der Waals surface area contributed by atoms with Crippen molar-refractivity contribution in [3.05, 3.63) is 29.6 Å². The summed E-state index contributed by atoms with van der Waals surface area (Å²) in [4.78, 5) is 18.2. The van der Waals surface area contributed by atoms with Crippen molar-refractivity contribution >= 4 is 5.78 Å². The summed E-state index contributed by atoms with van der Waals surface area (Å²) in [7, 11) is 0. The zero-order valence-electron chi connectivity index (χ0n) is 10.4. The molecule has 3 heteroatoms. The Morgan fingerprint density at radius 2 is 2.00 bits per heavy atom. The van der Waals surface area contributed by atoms with Crippen molar-refractivity contribution in [1.82, 2.24) is 9.88 Å². The minimum absolute atomic E-state index is 0.183. The molecule has 0 saturated carbocycles. The van der Waals surface area contributed by atoms with Crippen LogP contribution in [0.3, 0.4) is 0 Å². The first-order chi connectivity index (χ1) is 7.67. The molecule has 0 unspecified atom stereocenters. The van der Waals surface area contributed by atoms with Crippen LogP contribution < -0.4 is 0 Å². The summed E-state index contributed by atoms with van der Waals surface area (Å²) in [5.74, 6) is 0.183. The van der Waals surface area contributed by atoms with E-state index in [0.29, 0.717) is 6.42 Å². The van der Waals surface area contributed by atoms with Crippen LogP contribution in [0.25, 0.3) is 0 Å². The fraction of sp³-hybridized carbons (Fsp3) is 0.538. The predicted octanol–water partition coefficient (Wildman–Crippen LogP) is 2.30. The average Bonchev–Trinajstić information content (AvgIpc) is 2.30. The molecule has 0 N–H and O–H groups in total. The summed E-state index contributed by atoms with van der Waals surface area (Å²) in [6.45, 7) is 9.00. The maximum absolute atomic E-state index is 11.9. The summed E-state index contributed by atoms with van der Waals surface area (Å²) >= 11 is 0. The molecule has 0 radical (unpaired) electrons. The van der Waals surface area contributed by atoms with Crippen LogP contribution in [0.5, 0.6) is 0 Å². The van der Waals surface area contributed by atoms with Crippen molar-refractivity contribution in [3.63, 3.8) is 0 Å². The van der Waals surface area contributed by atoms with Crippen molar-refractivity contribution in [2.24, 2.45) is 0 Å². The predicted molar refractivity (Wildman–Crippen MR) is 65.7 cm³/mol. The smallest absolute Gasteiger partial charge is 0.165 e. The molecular weight excluding hydrogens is 200 g/mol. The molecule has 88 valence electrons. The molecule has 0 spiro atoms. The number of pyridine rings is 1. The Kier molecular flexibility index (Phi) is 5.12. The van der Waals surface area contributed by atoms with E-state index in [1.54, 1.807) is 12.4 Å². The van der Waals surface area contributed by atoms with Crippen LogP contribution in [0.4, 0.5) is 0 Å². The van der Waals surface area contributed by atoms with Gasteiger partial charge in [0.05, 0.1) is 0 Å². The Morgan fingerprint density at radius 1 is 1.31 bits per heavy atom. The number of ketones is 1. The van der Waals surface area contributed by atoms with Gasteiger partial charge < -0.3 is 4.90 Å². The Balaban J connectivity index is 2.52. The number of nitrogens with zero attached hydrogens (tertiary/aromatic N) is 2. The first-order valence-electron chi connectivity index (χ1n) is 5.84. The molecular formula is C13H20N2O.